The quantitative estimate of drug-likeness (QED) is 0.737. The van der Waals surface area contributed by atoms with Crippen molar-refractivity contribution in [3.8, 4) is 5.75 Å². The first kappa shape index (κ1) is 18.5. The topological polar surface area (TPSA) is 86.6 Å². The van der Waals surface area contributed by atoms with Gasteiger partial charge in [-0.3, -0.25) is 4.79 Å². The molecule has 1 amide bonds. The maximum atomic E-state index is 12.9. The number of amides is 1. The second kappa shape index (κ2) is 6.97. The average Bonchev–Trinajstić information content (AvgIpc) is 2.65. The average molecular weight is 379 g/mol. The van der Waals surface area contributed by atoms with Crippen LogP contribution in [0, 0.1) is 11.8 Å². The van der Waals surface area contributed by atoms with Crippen LogP contribution in [0.3, 0.4) is 0 Å². The molecular weight excluding hydrogens is 354 g/mol. The van der Waals surface area contributed by atoms with E-state index in [1.807, 2.05) is 12.1 Å². The number of benzene rings is 2. The molecule has 2 aliphatic carbocycles. The minimum Gasteiger partial charge on any atom is -0.508 e. The zero-order chi connectivity index (χ0) is 19.9. The van der Waals surface area contributed by atoms with Crippen molar-refractivity contribution in [3.63, 3.8) is 0 Å². The molecule has 0 spiro atoms. The summed E-state index contributed by atoms with van der Waals surface area (Å²) in [7, 11) is 0. The highest BCUT2D eigenvalue weighted by Crippen LogP contribution is 2.54. The number of carboxylic acid groups (broad SMARTS) is 1. The molecule has 3 atom stereocenters. The summed E-state index contributed by atoms with van der Waals surface area (Å²) in [6.45, 7) is 2.21. The number of anilines is 1. The molecule has 0 aliphatic heterocycles. The van der Waals surface area contributed by atoms with Crippen LogP contribution in [0.4, 0.5) is 5.69 Å². The van der Waals surface area contributed by atoms with E-state index in [-0.39, 0.29) is 28.6 Å². The molecule has 2 bridgehead atoms. The number of rotatable bonds is 4. The zero-order valence-corrected chi connectivity index (χ0v) is 15.9. The number of phenolic OH excluding ortho intramolecular Hbond substituents is 1. The number of hydrogen-bond donors (Lipinski definition) is 3. The van der Waals surface area contributed by atoms with Crippen LogP contribution in [0.5, 0.6) is 5.75 Å². The third-order valence-corrected chi connectivity index (χ3v) is 6.69. The summed E-state index contributed by atoms with van der Waals surface area (Å²) < 4.78 is 0. The van der Waals surface area contributed by atoms with Gasteiger partial charge in [0.1, 0.15) is 5.75 Å². The summed E-state index contributed by atoms with van der Waals surface area (Å²) in [5.74, 6) is -0.339. The van der Waals surface area contributed by atoms with Gasteiger partial charge in [-0.2, -0.15) is 0 Å². The van der Waals surface area contributed by atoms with Crippen LogP contribution < -0.4 is 5.32 Å². The van der Waals surface area contributed by atoms with E-state index < -0.39 is 5.97 Å². The van der Waals surface area contributed by atoms with Gasteiger partial charge in [0.2, 0.25) is 5.91 Å². The number of fused-ring (bicyclic) bond motifs is 4. The molecule has 1 unspecified atom stereocenters. The maximum absolute atomic E-state index is 12.9. The van der Waals surface area contributed by atoms with E-state index in [2.05, 4.69) is 12.2 Å². The lowest BCUT2D eigenvalue weighted by Gasteiger charge is -2.51. The summed E-state index contributed by atoms with van der Waals surface area (Å²) in [6.07, 6.45) is 4.48. The molecule has 28 heavy (non-hydrogen) atoms. The molecule has 1 saturated carbocycles. The highest BCUT2D eigenvalue weighted by molar-refractivity contribution is 6.00. The number of para-hydroxylation sites is 1. The Balaban J connectivity index is 1.60. The van der Waals surface area contributed by atoms with Crippen LogP contribution in [-0.4, -0.2) is 22.1 Å². The summed E-state index contributed by atoms with van der Waals surface area (Å²) in [5, 5.41) is 22.2. The van der Waals surface area contributed by atoms with Gasteiger partial charge < -0.3 is 15.5 Å². The fourth-order valence-corrected chi connectivity index (χ4v) is 5.35. The number of phenols is 1. The smallest absolute Gasteiger partial charge is 0.337 e. The van der Waals surface area contributed by atoms with E-state index in [0.717, 1.165) is 31.2 Å². The van der Waals surface area contributed by atoms with Crippen LogP contribution in [0.15, 0.2) is 42.5 Å². The minimum absolute atomic E-state index is 0.0983. The summed E-state index contributed by atoms with van der Waals surface area (Å²) in [5.41, 5.74) is 2.72. The molecule has 4 rings (SSSR count). The monoisotopic (exact) mass is 379 g/mol. The zero-order valence-electron chi connectivity index (χ0n) is 15.9. The fourth-order valence-electron chi connectivity index (χ4n) is 5.35. The molecule has 1 fully saturated rings. The van der Waals surface area contributed by atoms with Gasteiger partial charge in [-0.15, -0.1) is 0 Å². The highest BCUT2D eigenvalue weighted by atomic mass is 16.4. The Labute approximate surface area is 164 Å². The number of nitrogens with one attached hydrogen (secondary N) is 1. The number of carbonyl (C=O) groups excluding carboxylic acids is 1. The van der Waals surface area contributed by atoms with Crippen LogP contribution in [0.1, 0.15) is 54.1 Å². The molecule has 2 aliphatic rings. The van der Waals surface area contributed by atoms with Gasteiger partial charge in [-0.25, -0.2) is 4.79 Å². The van der Waals surface area contributed by atoms with Crippen molar-refractivity contribution < 1.29 is 19.8 Å². The molecule has 0 aromatic heterocycles. The second-order valence-corrected chi connectivity index (χ2v) is 8.32. The van der Waals surface area contributed by atoms with Crippen molar-refractivity contribution in [1.82, 2.24) is 0 Å². The number of aromatic hydroxyl groups is 1. The van der Waals surface area contributed by atoms with E-state index >= 15 is 0 Å². The Morgan fingerprint density at radius 3 is 2.79 bits per heavy atom. The Morgan fingerprint density at radius 1 is 1.21 bits per heavy atom. The van der Waals surface area contributed by atoms with Crippen LogP contribution in [0.2, 0.25) is 0 Å². The van der Waals surface area contributed by atoms with Crippen molar-refractivity contribution in [2.24, 2.45) is 11.8 Å². The van der Waals surface area contributed by atoms with E-state index in [4.69, 9.17) is 0 Å². The Kier molecular flexibility index (Phi) is 4.61. The van der Waals surface area contributed by atoms with Gasteiger partial charge in [-0.05, 0) is 71.9 Å². The fraction of sp³-hybridized carbons (Fsp3) is 0.391. The normalized spacial score (nSPS) is 25.6. The highest BCUT2D eigenvalue weighted by Gasteiger charge is 2.48. The van der Waals surface area contributed by atoms with Gasteiger partial charge in [0.25, 0.3) is 0 Å². The standard InChI is InChI=1S/C23H25NO4/c1-23-10-4-5-14(11-15-8-9-16(25)12-18(15)23)19(23)13-21(26)24-20-7-3-2-6-17(20)22(27)28/h2-3,6-9,12,14,19,25H,4-5,10-11,13H2,1H3,(H,24,26)(H,27,28)/t14?,19-,23+/m0/s1. The predicted octanol–water partition coefficient (Wildman–Crippen LogP) is 4.35. The number of hydrogen-bond acceptors (Lipinski definition) is 3. The third-order valence-electron chi connectivity index (χ3n) is 6.69. The lowest BCUT2D eigenvalue weighted by atomic mass is 9.53. The molecule has 5 heteroatoms. The van der Waals surface area contributed by atoms with Crippen molar-refractivity contribution in [3.05, 3.63) is 59.2 Å². The Bertz CT molecular complexity index is 938. The van der Waals surface area contributed by atoms with Gasteiger partial charge in [0.15, 0.2) is 0 Å². The number of carboxylic acids is 1. The van der Waals surface area contributed by atoms with E-state index in [1.54, 1.807) is 24.3 Å². The van der Waals surface area contributed by atoms with Gasteiger partial charge in [0.05, 0.1) is 11.3 Å². The molecule has 2 aromatic rings. The summed E-state index contributed by atoms with van der Waals surface area (Å²) >= 11 is 0. The van der Waals surface area contributed by atoms with Gasteiger partial charge in [0, 0.05) is 6.42 Å². The summed E-state index contributed by atoms with van der Waals surface area (Å²) in [6, 6.07) is 12.1. The van der Waals surface area contributed by atoms with Crippen molar-refractivity contribution >= 4 is 17.6 Å². The Hall–Kier alpha value is -2.82. The first-order valence-electron chi connectivity index (χ1n) is 9.83. The van der Waals surface area contributed by atoms with E-state index in [1.165, 1.54) is 11.6 Å². The molecule has 3 N–H and O–H groups in total. The van der Waals surface area contributed by atoms with Crippen molar-refractivity contribution in [2.75, 3.05) is 5.32 Å². The largest absolute Gasteiger partial charge is 0.508 e. The van der Waals surface area contributed by atoms with E-state index in [0.29, 0.717) is 18.0 Å². The molecule has 0 radical (unpaired) electrons. The maximum Gasteiger partial charge on any atom is 0.337 e. The van der Waals surface area contributed by atoms with Crippen molar-refractivity contribution in [1.29, 1.82) is 0 Å². The van der Waals surface area contributed by atoms with Gasteiger partial charge in [-0.1, -0.05) is 31.5 Å². The molecule has 5 nitrogen and oxygen atoms in total. The van der Waals surface area contributed by atoms with Crippen molar-refractivity contribution in [2.45, 2.75) is 44.4 Å². The molecular formula is C23H25NO4. The van der Waals surface area contributed by atoms with Gasteiger partial charge >= 0.3 is 5.97 Å². The lowest BCUT2D eigenvalue weighted by Crippen LogP contribution is -2.47. The first-order valence-corrected chi connectivity index (χ1v) is 9.83. The van der Waals surface area contributed by atoms with E-state index in [9.17, 15) is 19.8 Å². The predicted molar refractivity (Wildman–Crippen MR) is 107 cm³/mol. The SMILES string of the molecule is C[C@@]12CCCC(Cc3ccc(O)cc31)[C@@H]2CC(=O)Nc1ccccc1C(=O)O. The summed E-state index contributed by atoms with van der Waals surface area (Å²) in [4.78, 5) is 24.3. The van der Waals surface area contributed by atoms with Crippen LogP contribution >= 0.6 is 0 Å². The third kappa shape index (κ3) is 3.15. The molecule has 0 heterocycles. The Morgan fingerprint density at radius 2 is 2.00 bits per heavy atom. The van der Waals surface area contributed by atoms with Crippen LogP contribution in [0.25, 0.3) is 0 Å². The molecule has 2 aromatic carbocycles. The molecule has 146 valence electrons. The lowest BCUT2D eigenvalue weighted by molar-refractivity contribution is -0.118. The second-order valence-electron chi connectivity index (χ2n) is 8.32. The van der Waals surface area contributed by atoms with Crippen LogP contribution in [-0.2, 0) is 16.6 Å². The minimum atomic E-state index is -1.05. The molecule has 0 saturated heterocycles. The number of aromatic carboxylic acids is 1. The number of carbonyl (C=O) groups is 2. The first-order chi connectivity index (χ1) is 13.4.